The molecule has 0 aromatic heterocycles. The van der Waals surface area contributed by atoms with E-state index in [9.17, 15) is 9.59 Å². The molecule has 1 unspecified atom stereocenters. The Kier molecular flexibility index (Phi) is 7.43. The van der Waals surface area contributed by atoms with E-state index in [2.05, 4.69) is 10.6 Å². The zero-order valence-corrected chi connectivity index (χ0v) is 11.9. The number of carbonyl (C=O) groups excluding carboxylic acids is 2. The molecule has 0 radical (unpaired) electrons. The standard InChI is InChI=1S/C13H25N3O3/c1-3-11(16-9-4-5-12(16)17)13(18)15-7-6-14-8-10-19-2/h11,14H,3-10H2,1-2H3,(H,15,18). The second kappa shape index (κ2) is 8.87. The molecule has 6 heteroatoms. The highest BCUT2D eigenvalue weighted by molar-refractivity contribution is 5.88. The summed E-state index contributed by atoms with van der Waals surface area (Å²) in [5.41, 5.74) is 0. The van der Waals surface area contributed by atoms with Gasteiger partial charge in [-0.2, -0.15) is 0 Å². The SMILES string of the molecule is CCC(C(=O)NCCNCCOC)N1CCCC1=O. The Bertz CT molecular complexity index is 297. The lowest BCUT2D eigenvalue weighted by molar-refractivity contribution is -0.137. The fourth-order valence-electron chi connectivity index (χ4n) is 2.24. The highest BCUT2D eigenvalue weighted by Gasteiger charge is 2.31. The van der Waals surface area contributed by atoms with Crippen molar-refractivity contribution < 1.29 is 14.3 Å². The van der Waals surface area contributed by atoms with Gasteiger partial charge in [0.05, 0.1) is 6.61 Å². The van der Waals surface area contributed by atoms with Gasteiger partial charge >= 0.3 is 0 Å². The summed E-state index contributed by atoms with van der Waals surface area (Å²) in [5, 5.41) is 6.03. The quantitative estimate of drug-likeness (QED) is 0.567. The second-order valence-corrected chi connectivity index (χ2v) is 4.65. The van der Waals surface area contributed by atoms with E-state index in [1.54, 1.807) is 12.0 Å². The fourth-order valence-corrected chi connectivity index (χ4v) is 2.24. The van der Waals surface area contributed by atoms with Gasteiger partial charge in [0.1, 0.15) is 6.04 Å². The predicted molar refractivity (Wildman–Crippen MR) is 72.8 cm³/mol. The van der Waals surface area contributed by atoms with Crippen LogP contribution < -0.4 is 10.6 Å². The minimum absolute atomic E-state index is 0.0497. The summed E-state index contributed by atoms with van der Waals surface area (Å²) in [5.74, 6) is 0.0477. The maximum atomic E-state index is 12.0. The lowest BCUT2D eigenvalue weighted by atomic mass is 10.2. The number of nitrogens with zero attached hydrogens (tertiary/aromatic N) is 1. The van der Waals surface area contributed by atoms with Gasteiger partial charge in [-0.1, -0.05) is 6.92 Å². The predicted octanol–water partition coefficient (Wildman–Crippen LogP) is -0.260. The highest BCUT2D eigenvalue weighted by Crippen LogP contribution is 2.15. The molecule has 1 heterocycles. The van der Waals surface area contributed by atoms with Crippen LogP contribution in [0.4, 0.5) is 0 Å². The van der Waals surface area contributed by atoms with Crippen LogP contribution >= 0.6 is 0 Å². The first-order valence-electron chi connectivity index (χ1n) is 6.97. The van der Waals surface area contributed by atoms with Crippen molar-refractivity contribution in [3.05, 3.63) is 0 Å². The zero-order valence-electron chi connectivity index (χ0n) is 11.9. The summed E-state index contributed by atoms with van der Waals surface area (Å²) in [6.45, 7) is 5.35. The topological polar surface area (TPSA) is 70.7 Å². The molecule has 1 aliphatic heterocycles. The van der Waals surface area contributed by atoms with Crippen molar-refractivity contribution in [2.24, 2.45) is 0 Å². The van der Waals surface area contributed by atoms with Gasteiger partial charge in [0.25, 0.3) is 0 Å². The van der Waals surface area contributed by atoms with Crippen LogP contribution in [0.15, 0.2) is 0 Å². The van der Waals surface area contributed by atoms with E-state index in [-0.39, 0.29) is 17.9 Å². The van der Waals surface area contributed by atoms with Gasteiger partial charge in [-0.15, -0.1) is 0 Å². The molecule has 0 aliphatic carbocycles. The Morgan fingerprint density at radius 3 is 2.79 bits per heavy atom. The van der Waals surface area contributed by atoms with Crippen LogP contribution in [0.1, 0.15) is 26.2 Å². The average molecular weight is 271 g/mol. The van der Waals surface area contributed by atoms with Crippen LogP contribution in [-0.4, -0.2) is 62.7 Å². The molecule has 6 nitrogen and oxygen atoms in total. The maximum absolute atomic E-state index is 12.0. The number of rotatable bonds is 9. The van der Waals surface area contributed by atoms with E-state index in [0.717, 1.165) is 13.0 Å². The third-order valence-corrected chi connectivity index (χ3v) is 3.26. The second-order valence-electron chi connectivity index (χ2n) is 4.65. The Labute approximate surface area is 114 Å². The van der Waals surface area contributed by atoms with Crippen molar-refractivity contribution >= 4 is 11.8 Å². The third kappa shape index (κ3) is 5.16. The fraction of sp³-hybridized carbons (Fsp3) is 0.846. The molecule has 1 aliphatic rings. The first-order valence-corrected chi connectivity index (χ1v) is 6.97. The summed E-state index contributed by atoms with van der Waals surface area (Å²) < 4.78 is 4.91. The smallest absolute Gasteiger partial charge is 0.242 e. The van der Waals surface area contributed by atoms with Crippen LogP contribution in [0.5, 0.6) is 0 Å². The lowest BCUT2D eigenvalue weighted by Gasteiger charge is -2.25. The monoisotopic (exact) mass is 271 g/mol. The Morgan fingerprint density at radius 2 is 2.21 bits per heavy atom. The largest absolute Gasteiger partial charge is 0.383 e. The number of amides is 2. The number of hydrogen-bond donors (Lipinski definition) is 2. The van der Waals surface area contributed by atoms with E-state index in [1.807, 2.05) is 6.92 Å². The molecule has 0 spiro atoms. The van der Waals surface area contributed by atoms with Crippen LogP contribution in [0.2, 0.25) is 0 Å². The summed E-state index contributed by atoms with van der Waals surface area (Å²) in [4.78, 5) is 25.4. The number of nitrogens with one attached hydrogen (secondary N) is 2. The van der Waals surface area contributed by atoms with Gasteiger partial charge in [0, 0.05) is 39.7 Å². The van der Waals surface area contributed by atoms with E-state index >= 15 is 0 Å². The van der Waals surface area contributed by atoms with Crippen LogP contribution in [0.3, 0.4) is 0 Å². The van der Waals surface area contributed by atoms with Gasteiger partial charge in [-0.3, -0.25) is 9.59 Å². The van der Waals surface area contributed by atoms with Crippen LogP contribution in [0.25, 0.3) is 0 Å². The van der Waals surface area contributed by atoms with Crippen molar-refractivity contribution in [3.8, 4) is 0 Å². The van der Waals surface area contributed by atoms with Crippen molar-refractivity contribution in [1.82, 2.24) is 15.5 Å². The third-order valence-electron chi connectivity index (χ3n) is 3.26. The van der Waals surface area contributed by atoms with Gasteiger partial charge in [0.15, 0.2) is 0 Å². The molecule has 0 aromatic carbocycles. The molecule has 2 amide bonds. The van der Waals surface area contributed by atoms with Crippen LogP contribution in [-0.2, 0) is 14.3 Å². The number of carbonyl (C=O) groups is 2. The Hall–Kier alpha value is -1.14. The Balaban J connectivity index is 2.24. The van der Waals surface area contributed by atoms with Gasteiger partial charge < -0.3 is 20.3 Å². The minimum Gasteiger partial charge on any atom is -0.383 e. The first kappa shape index (κ1) is 15.9. The van der Waals surface area contributed by atoms with E-state index in [1.165, 1.54) is 0 Å². The molecule has 1 rings (SSSR count). The molecule has 110 valence electrons. The minimum atomic E-state index is -0.311. The first-order chi connectivity index (χ1) is 9.20. The number of likely N-dealkylation sites (tertiary alicyclic amines) is 1. The highest BCUT2D eigenvalue weighted by atomic mass is 16.5. The average Bonchev–Trinajstić information content (AvgIpc) is 2.81. The van der Waals surface area contributed by atoms with Crippen molar-refractivity contribution in [3.63, 3.8) is 0 Å². The summed E-state index contributed by atoms with van der Waals surface area (Å²) in [6, 6.07) is -0.311. The van der Waals surface area contributed by atoms with Crippen molar-refractivity contribution in [2.45, 2.75) is 32.2 Å². The molecule has 1 fully saturated rings. The molecule has 19 heavy (non-hydrogen) atoms. The zero-order chi connectivity index (χ0) is 14.1. The molecule has 0 aromatic rings. The van der Waals surface area contributed by atoms with Gasteiger partial charge in [-0.05, 0) is 12.8 Å². The van der Waals surface area contributed by atoms with Crippen molar-refractivity contribution in [1.29, 1.82) is 0 Å². The lowest BCUT2D eigenvalue weighted by Crippen LogP contribution is -2.48. The van der Waals surface area contributed by atoms with E-state index < -0.39 is 0 Å². The molecule has 0 bridgehead atoms. The Morgan fingerprint density at radius 1 is 1.42 bits per heavy atom. The van der Waals surface area contributed by atoms with Gasteiger partial charge in [-0.25, -0.2) is 0 Å². The number of methoxy groups -OCH3 is 1. The van der Waals surface area contributed by atoms with Gasteiger partial charge in [0.2, 0.25) is 11.8 Å². The maximum Gasteiger partial charge on any atom is 0.242 e. The molecule has 1 atom stereocenters. The normalized spacial score (nSPS) is 16.7. The molecular weight excluding hydrogens is 246 g/mol. The van der Waals surface area contributed by atoms with E-state index in [0.29, 0.717) is 39.1 Å². The molecule has 0 saturated carbocycles. The summed E-state index contributed by atoms with van der Waals surface area (Å²) >= 11 is 0. The molecular formula is C13H25N3O3. The number of hydrogen-bond acceptors (Lipinski definition) is 4. The van der Waals surface area contributed by atoms with Crippen LogP contribution in [0, 0.1) is 0 Å². The van der Waals surface area contributed by atoms with E-state index in [4.69, 9.17) is 4.74 Å². The summed E-state index contributed by atoms with van der Waals surface area (Å²) in [6.07, 6.45) is 2.10. The molecule has 2 N–H and O–H groups in total. The van der Waals surface area contributed by atoms with Crippen molar-refractivity contribution in [2.75, 3.05) is 39.9 Å². The summed E-state index contributed by atoms with van der Waals surface area (Å²) in [7, 11) is 1.66. The number of ether oxygens (including phenoxy) is 1. The molecule has 1 saturated heterocycles.